The Balaban J connectivity index is 1.23. The first-order valence-corrected chi connectivity index (χ1v) is 12.4. The summed E-state index contributed by atoms with van der Waals surface area (Å²) in [4.78, 5) is 12.3. The summed E-state index contributed by atoms with van der Waals surface area (Å²) >= 11 is 2.21. The van der Waals surface area contributed by atoms with Gasteiger partial charge in [-0.05, 0) is 74.3 Å². The van der Waals surface area contributed by atoms with Crippen LogP contribution in [0.3, 0.4) is 0 Å². The molecular weight excluding hydrogens is 571 g/mol. The van der Waals surface area contributed by atoms with Crippen LogP contribution in [0.1, 0.15) is 16.7 Å². The van der Waals surface area contributed by atoms with Crippen LogP contribution >= 0.6 is 22.6 Å². The van der Waals surface area contributed by atoms with Crippen LogP contribution in [0.5, 0.6) is 23.0 Å². The number of rotatable bonds is 8. The Bertz CT molecular complexity index is 1450. The summed E-state index contributed by atoms with van der Waals surface area (Å²) < 4.78 is 23.3. The van der Waals surface area contributed by atoms with Crippen molar-refractivity contribution >= 4 is 45.5 Å². The number of amides is 1. The third-order valence-electron chi connectivity index (χ3n) is 5.71. The van der Waals surface area contributed by atoms with Crippen molar-refractivity contribution < 1.29 is 23.7 Å². The highest BCUT2D eigenvalue weighted by Crippen LogP contribution is 2.35. The first kappa shape index (κ1) is 23.9. The maximum absolute atomic E-state index is 12.3. The third kappa shape index (κ3) is 5.38. The predicted octanol–water partition coefficient (Wildman–Crippen LogP) is 5.45. The molecule has 36 heavy (non-hydrogen) atoms. The standard InChI is InChI=1S/C28H23IN2O5/c1-33-26-13-19(15-30-31-27(32)14-18-9-10-24-25(12-18)36-17-35-24)11-23(29)28(26)34-16-21-7-4-6-20-5-2-3-8-22(20)21/h2-13,15H,14,16-17H2,1H3,(H,31,32)/b30-15-. The van der Waals surface area contributed by atoms with E-state index in [9.17, 15) is 4.79 Å². The van der Waals surface area contributed by atoms with E-state index in [1.54, 1.807) is 25.5 Å². The van der Waals surface area contributed by atoms with E-state index in [2.05, 4.69) is 57.4 Å². The molecule has 0 radical (unpaired) electrons. The quantitative estimate of drug-likeness (QED) is 0.167. The molecule has 0 atom stereocenters. The molecule has 1 amide bonds. The van der Waals surface area contributed by atoms with Gasteiger partial charge in [0.1, 0.15) is 6.61 Å². The van der Waals surface area contributed by atoms with Crippen molar-refractivity contribution in [3.05, 3.63) is 93.1 Å². The Morgan fingerprint density at radius 1 is 1.06 bits per heavy atom. The largest absolute Gasteiger partial charge is 0.493 e. The Kier molecular flexibility index (Phi) is 7.22. The summed E-state index contributed by atoms with van der Waals surface area (Å²) in [6, 6.07) is 23.6. The fourth-order valence-corrected chi connectivity index (χ4v) is 4.76. The molecule has 4 aromatic rings. The number of nitrogens with zero attached hydrogens (tertiary/aromatic N) is 1. The highest BCUT2D eigenvalue weighted by molar-refractivity contribution is 14.1. The number of fused-ring (bicyclic) bond motifs is 2. The molecule has 1 N–H and O–H groups in total. The molecule has 0 unspecified atom stereocenters. The van der Waals surface area contributed by atoms with E-state index < -0.39 is 0 Å². The molecule has 1 heterocycles. The van der Waals surface area contributed by atoms with E-state index in [0.29, 0.717) is 29.6 Å². The molecule has 0 spiro atoms. The van der Waals surface area contributed by atoms with E-state index in [-0.39, 0.29) is 19.1 Å². The highest BCUT2D eigenvalue weighted by atomic mass is 127. The van der Waals surface area contributed by atoms with Gasteiger partial charge in [-0.3, -0.25) is 4.79 Å². The van der Waals surface area contributed by atoms with Crippen molar-refractivity contribution in [2.75, 3.05) is 13.9 Å². The van der Waals surface area contributed by atoms with Gasteiger partial charge < -0.3 is 18.9 Å². The van der Waals surface area contributed by atoms with Gasteiger partial charge in [-0.25, -0.2) is 5.43 Å². The number of hydrogen-bond donors (Lipinski definition) is 1. The van der Waals surface area contributed by atoms with Crippen molar-refractivity contribution in [2.24, 2.45) is 5.10 Å². The van der Waals surface area contributed by atoms with Gasteiger partial charge in [0.2, 0.25) is 12.7 Å². The van der Waals surface area contributed by atoms with Crippen LogP contribution in [0.25, 0.3) is 10.8 Å². The zero-order valence-corrected chi connectivity index (χ0v) is 21.7. The predicted molar refractivity (Wildman–Crippen MR) is 146 cm³/mol. The molecule has 0 aromatic heterocycles. The van der Waals surface area contributed by atoms with Gasteiger partial charge in [0, 0.05) is 0 Å². The molecule has 0 saturated heterocycles. The lowest BCUT2D eigenvalue weighted by atomic mass is 10.1. The molecule has 0 fully saturated rings. The summed E-state index contributed by atoms with van der Waals surface area (Å²) in [6.45, 7) is 0.613. The average molecular weight is 594 g/mol. The third-order valence-corrected chi connectivity index (χ3v) is 6.51. The molecular formula is C28H23IN2O5. The molecule has 5 rings (SSSR count). The molecule has 4 aromatic carbocycles. The van der Waals surface area contributed by atoms with Crippen LogP contribution in [-0.2, 0) is 17.8 Å². The molecule has 7 nitrogen and oxygen atoms in total. The van der Waals surface area contributed by atoms with Gasteiger partial charge in [-0.1, -0.05) is 48.5 Å². The molecule has 1 aliphatic rings. The van der Waals surface area contributed by atoms with Gasteiger partial charge in [0.15, 0.2) is 23.0 Å². The van der Waals surface area contributed by atoms with Crippen molar-refractivity contribution in [1.29, 1.82) is 0 Å². The number of ether oxygens (including phenoxy) is 4. The zero-order chi connectivity index (χ0) is 24.9. The van der Waals surface area contributed by atoms with E-state index in [1.807, 2.05) is 36.4 Å². The molecule has 0 saturated carbocycles. The SMILES string of the molecule is COc1cc(/C=N\NC(=O)Cc2ccc3c(c2)OCO3)cc(I)c1OCc1cccc2ccccc12. The number of hydrogen-bond acceptors (Lipinski definition) is 6. The molecule has 1 aliphatic heterocycles. The average Bonchev–Trinajstić information content (AvgIpc) is 3.36. The fourth-order valence-electron chi connectivity index (χ4n) is 3.98. The van der Waals surface area contributed by atoms with Gasteiger partial charge >= 0.3 is 0 Å². The van der Waals surface area contributed by atoms with Crippen LogP contribution in [0.4, 0.5) is 0 Å². The number of benzene rings is 4. The number of carbonyl (C=O) groups excluding carboxylic acids is 1. The maximum atomic E-state index is 12.3. The number of hydrazone groups is 1. The van der Waals surface area contributed by atoms with Gasteiger partial charge in [0.25, 0.3) is 0 Å². The lowest BCUT2D eigenvalue weighted by Gasteiger charge is -2.14. The van der Waals surface area contributed by atoms with Crippen molar-refractivity contribution in [2.45, 2.75) is 13.0 Å². The number of halogens is 1. The molecule has 0 bridgehead atoms. The van der Waals surface area contributed by atoms with Crippen LogP contribution in [0, 0.1) is 3.57 Å². The first-order valence-electron chi connectivity index (χ1n) is 11.3. The minimum Gasteiger partial charge on any atom is -0.493 e. The van der Waals surface area contributed by atoms with Gasteiger partial charge in [0.05, 0.1) is 23.3 Å². The second-order valence-electron chi connectivity index (χ2n) is 8.12. The van der Waals surface area contributed by atoms with Crippen molar-refractivity contribution in [1.82, 2.24) is 5.43 Å². The van der Waals surface area contributed by atoms with Crippen LogP contribution in [0.15, 0.2) is 77.9 Å². The fraction of sp³-hybridized carbons (Fsp3) is 0.143. The zero-order valence-electron chi connectivity index (χ0n) is 19.5. The highest BCUT2D eigenvalue weighted by Gasteiger charge is 2.15. The van der Waals surface area contributed by atoms with E-state index in [1.165, 1.54) is 5.39 Å². The summed E-state index contributed by atoms with van der Waals surface area (Å²) in [5.41, 5.74) is 5.26. The summed E-state index contributed by atoms with van der Waals surface area (Å²) in [5, 5.41) is 6.44. The lowest BCUT2D eigenvalue weighted by Crippen LogP contribution is -2.19. The Morgan fingerprint density at radius 3 is 2.78 bits per heavy atom. The molecule has 0 aliphatic carbocycles. The van der Waals surface area contributed by atoms with Crippen LogP contribution in [-0.4, -0.2) is 26.0 Å². The van der Waals surface area contributed by atoms with Gasteiger partial charge in [-0.15, -0.1) is 0 Å². The minimum absolute atomic E-state index is 0.176. The molecule has 8 heteroatoms. The Labute approximate surface area is 222 Å². The number of methoxy groups -OCH3 is 1. The van der Waals surface area contributed by atoms with E-state index >= 15 is 0 Å². The summed E-state index contributed by atoms with van der Waals surface area (Å²) in [5.74, 6) is 2.35. The van der Waals surface area contributed by atoms with Gasteiger partial charge in [-0.2, -0.15) is 5.10 Å². The topological polar surface area (TPSA) is 78.4 Å². The van der Waals surface area contributed by atoms with E-state index in [0.717, 1.165) is 25.6 Å². The minimum atomic E-state index is -0.234. The van der Waals surface area contributed by atoms with E-state index in [4.69, 9.17) is 18.9 Å². The Hall–Kier alpha value is -3.79. The maximum Gasteiger partial charge on any atom is 0.244 e. The first-order chi connectivity index (χ1) is 17.6. The number of nitrogens with one attached hydrogen (secondary N) is 1. The summed E-state index contributed by atoms with van der Waals surface area (Å²) in [6.07, 6.45) is 1.76. The van der Waals surface area contributed by atoms with Crippen LogP contribution in [0.2, 0.25) is 0 Å². The monoisotopic (exact) mass is 594 g/mol. The van der Waals surface area contributed by atoms with Crippen LogP contribution < -0.4 is 24.4 Å². The second-order valence-corrected chi connectivity index (χ2v) is 9.28. The Morgan fingerprint density at radius 2 is 1.89 bits per heavy atom. The second kappa shape index (κ2) is 10.9. The smallest absolute Gasteiger partial charge is 0.244 e. The van der Waals surface area contributed by atoms with Crippen molar-refractivity contribution in [3.63, 3.8) is 0 Å². The molecule has 182 valence electrons. The van der Waals surface area contributed by atoms with Crippen molar-refractivity contribution in [3.8, 4) is 23.0 Å². The lowest BCUT2D eigenvalue weighted by molar-refractivity contribution is -0.120. The number of carbonyl (C=O) groups is 1. The normalized spacial score (nSPS) is 12.2. The summed E-state index contributed by atoms with van der Waals surface area (Å²) in [7, 11) is 1.60.